The van der Waals surface area contributed by atoms with E-state index < -0.39 is 16.6 Å². The number of nitro benzene ring substituents is 1. The molecule has 0 bridgehead atoms. The lowest BCUT2D eigenvalue weighted by Gasteiger charge is -2.09. The number of amides is 1. The zero-order valence-corrected chi connectivity index (χ0v) is 15.2. The van der Waals surface area contributed by atoms with E-state index in [1.54, 1.807) is 6.07 Å². The third-order valence-electron chi connectivity index (χ3n) is 4.20. The molecule has 0 spiro atoms. The third kappa shape index (κ3) is 4.14. The number of nitrogens with zero attached hydrogens (tertiary/aromatic N) is 3. The van der Waals surface area contributed by atoms with Gasteiger partial charge in [-0.3, -0.25) is 14.9 Å². The number of nitro groups is 1. The maximum absolute atomic E-state index is 13.3. The second kappa shape index (κ2) is 7.87. The Kier molecular flexibility index (Phi) is 5.35. The maximum atomic E-state index is 13.3. The van der Waals surface area contributed by atoms with Crippen LogP contribution in [0, 0.1) is 29.8 Å². The van der Waals surface area contributed by atoms with E-state index in [9.17, 15) is 19.3 Å². The number of anilines is 1. The van der Waals surface area contributed by atoms with Gasteiger partial charge in [0.25, 0.3) is 5.91 Å². The zero-order chi connectivity index (χ0) is 20.3. The van der Waals surface area contributed by atoms with Crippen molar-refractivity contribution in [3.8, 4) is 5.75 Å². The number of aromatic nitrogens is 2. The SMILES string of the molecule is Cc1cccc(NC(=O)c2ccn(COc3cc(F)ccc3[N+](=O)[O-])n2)c1C. The van der Waals surface area contributed by atoms with E-state index in [-0.39, 0.29) is 23.9 Å². The highest BCUT2D eigenvalue weighted by molar-refractivity contribution is 6.03. The van der Waals surface area contributed by atoms with Crippen LogP contribution in [0.15, 0.2) is 48.7 Å². The first-order chi connectivity index (χ1) is 13.3. The molecule has 8 nitrogen and oxygen atoms in total. The highest BCUT2D eigenvalue weighted by Gasteiger charge is 2.17. The van der Waals surface area contributed by atoms with Crippen LogP contribution >= 0.6 is 0 Å². The standard InChI is InChI=1S/C19H17FN4O4/c1-12-4-3-5-15(13(12)2)21-19(25)16-8-9-23(22-16)11-28-18-10-14(20)6-7-17(18)24(26)27/h3-10H,11H2,1-2H3,(H,21,25). The van der Waals surface area contributed by atoms with E-state index >= 15 is 0 Å². The fourth-order valence-electron chi connectivity index (χ4n) is 2.52. The van der Waals surface area contributed by atoms with Gasteiger partial charge in [0, 0.05) is 24.0 Å². The molecule has 0 saturated heterocycles. The summed E-state index contributed by atoms with van der Waals surface area (Å²) in [7, 11) is 0. The van der Waals surface area contributed by atoms with Crippen molar-refractivity contribution in [3.63, 3.8) is 0 Å². The molecule has 0 fully saturated rings. The summed E-state index contributed by atoms with van der Waals surface area (Å²) < 4.78 is 19.9. The number of carbonyl (C=O) groups excluding carboxylic acids is 1. The highest BCUT2D eigenvalue weighted by atomic mass is 19.1. The molecule has 0 saturated carbocycles. The topological polar surface area (TPSA) is 99.3 Å². The Hall–Kier alpha value is -3.75. The van der Waals surface area contributed by atoms with Crippen LogP contribution in [0.3, 0.4) is 0 Å². The number of ether oxygens (including phenoxy) is 1. The van der Waals surface area contributed by atoms with Crippen molar-refractivity contribution < 1.29 is 18.8 Å². The molecule has 3 rings (SSSR count). The lowest BCUT2D eigenvalue weighted by Crippen LogP contribution is -2.15. The fourth-order valence-corrected chi connectivity index (χ4v) is 2.52. The maximum Gasteiger partial charge on any atom is 0.311 e. The molecule has 2 aromatic carbocycles. The quantitative estimate of drug-likeness (QED) is 0.514. The second-order valence-electron chi connectivity index (χ2n) is 6.08. The predicted molar refractivity (Wildman–Crippen MR) is 99.8 cm³/mol. The number of aryl methyl sites for hydroxylation is 1. The van der Waals surface area contributed by atoms with Crippen molar-refractivity contribution >= 4 is 17.3 Å². The minimum Gasteiger partial charge on any atom is -0.464 e. The molecule has 9 heteroatoms. The molecule has 28 heavy (non-hydrogen) atoms. The molecular weight excluding hydrogens is 367 g/mol. The summed E-state index contributed by atoms with van der Waals surface area (Å²) in [5, 5.41) is 17.9. The third-order valence-corrected chi connectivity index (χ3v) is 4.20. The van der Waals surface area contributed by atoms with E-state index in [2.05, 4.69) is 10.4 Å². The van der Waals surface area contributed by atoms with Crippen LogP contribution < -0.4 is 10.1 Å². The van der Waals surface area contributed by atoms with E-state index in [4.69, 9.17) is 4.74 Å². The Labute approximate surface area is 159 Å². The van der Waals surface area contributed by atoms with Crippen molar-refractivity contribution in [2.75, 3.05) is 5.32 Å². The molecule has 0 unspecified atom stereocenters. The predicted octanol–water partition coefficient (Wildman–Crippen LogP) is 3.84. The Bertz CT molecular complexity index is 1050. The van der Waals surface area contributed by atoms with Gasteiger partial charge in [-0.1, -0.05) is 12.1 Å². The van der Waals surface area contributed by atoms with Gasteiger partial charge in [-0.25, -0.2) is 9.07 Å². The number of benzene rings is 2. The summed E-state index contributed by atoms with van der Waals surface area (Å²) in [6.07, 6.45) is 1.49. The van der Waals surface area contributed by atoms with Crippen LogP contribution in [0.1, 0.15) is 21.6 Å². The Morgan fingerprint density at radius 2 is 2.07 bits per heavy atom. The first-order valence-corrected chi connectivity index (χ1v) is 8.33. The minimum atomic E-state index is -0.666. The van der Waals surface area contributed by atoms with E-state index in [0.29, 0.717) is 5.69 Å². The van der Waals surface area contributed by atoms with Crippen molar-refractivity contribution in [1.29, 1.82) is 0 Å². The lowest BCUT2D eigenvalue weighted by molar-refractivity contribution is -0.386. The fraction of sp³-hybridized carbons (Fsp3) is 0.158. The molecule has 1 heterocycles. The van der Waals surface area contributed by atoms with Crippen molar-refractivity contribution in [1.82, 2.24) is 9.78 Å². The lowest BCUT2D eigenvalue weighted by atomic mass is 10.1. The molecule has 0 aliphatic rings. The summed E-state index contributed by atoms with van der Waals surface area (Å²) in [5.41, 5.74) is 2.48. The van der Waals surface area contributed by atoms with Gasteiger partial charge in [-0.2, -0.15) is 5.10 Å². The second-order valence-corrected chi connectivity index (χ2v) is 6.08. The van der Waals surface area contributed by atoms with Gasteiger partial charge in [0.15, 0.2) is 12.4 Å². The van der Waals surface area contributed by atoms with E-state index in [1.807, 2.05) is 26.0 Å². The number of halogens is 1. The largest absolute Gasteiger partial charge is 0.464 e. The molecular formula is C19H17FN4O4. The van der Waals surface area contributed by atoms with Gasteiger partial charge in [0.05, 0.1) is 4.92 Å². The number of nitrogens with one attached hydrogen (secondary N) is 1. The minimum absolute atomic E-state index is 0.151. The number of hydrogen-bond donors (Lipinski definition) is 1. The van der Waals surface area contributed by atoms with Crippen LogP contribution in [0.5, 0.6) is 5.75 Å². The van der Waals surface area contributed by atoms with Gasteiger partial charge in [0.1, 0.15) is 5.82 Å². The first kappa shape index (κ1) is 19.0. The van der Waals surface area contributed by atoms with Gasteiger partial charge in [-0.15, -0.1) is 0 Å². The molecule has 1 aromatic heterocycles. The van der Waals surface area contributed by atoms with Crippen molar-refractivity contribution in [3.05, 3.63) is 81.4 Å². The number of hydrogen-bond acceptors (Lipinski definition) is 5. The summed E-state index contributed by atoms with van der Waals surface area (Å²) in [4.78, 5) is 22.7. The zero-order valence-electron chi connectivity index (χ0n) is 15.2. The highest BCUT2D eigenvalue weighted by Crippen LogP contribution is 2.27. The van der Waals surface area contributed by atoms with Crippen LogP contribution in [-0.2, 0) is 6.73 Å². The molecule has 0 aliphatic carbocycles. The van der Waals surface area contributed by atoms with Crippen LogP contribution in [-0.4, -0.2) is 20.6 Å². The average Bonchev–Trinajstić information content (AvgIpc) is 3.13. The molecule has 0 radical (unpaired) electrons. The molecule has 144 valence electrons. The van der Waals surface area contributed by atoms with E-state index in [0.717, 1.165) is 29.3 Å². The molecule has 1 amide bonds. The smallest absolute Gasteiger partial charge is 0.311 e. The monoisotopic (exact) mass is 384 g/mol. The average molecular weight is 384 g/mol. The van der Waals surface area contributed by atoms with Gasteiger partial charge in [0.2, 0.25) is 5.75 Å². The summed E-state index contributed by atoms with van der Waals surface area (Å²) in [6.45, 7) is 3.63. The molecule has 1 N–H and O–H groups in total. The van der Waals surface area contributed by atoms with E-state index in [1.165, 1.54) is 16.9 Å². The van der Waals surface area contributed by atoms with Crippen molar-refractivity contribution in [2.45, 2.75) is 20.6 Å². The molecule has 0 aliphatic heterocycles. The van der Waals surface area contributed by atoms with Gasteiger partial charge < -0.3 is 10.1 Å². The number of carbonyl (C=O) groups is 1. The summed E-state index contributed by atoms with van der Waals surface area (Å²) in [5.74, 6) is -1.28. The van der Waals surface area contributed by atoms with Crippen molar-refractivity contribution in [2.24, 2.45) is 0 Å². The molecule has 0 atom stereocenters. The van der Waals surface area contributed by atoms with Crippen LogP contribution in [0.4, 0.5) is 15.8 Å². The molecule has 3 aromatic rings. The van der Waals surface area contributed by atoms with Crippen LogP contribution in [0.2, 0.25) is 0 Å². The van der Waals surface area contributed by atoms with Gasteiger partial charge >= 0.3 is 5.69 Å². The van der Waals surface area contributed by atoms with Gasteiger partial charge in [-0.05, 0) is 43.2 Å². The summed E-state index contributed by atoms with van der Waals surface area (Å²) in [6, 6.07) is 10.0. The normalized spacial score (nSPS) is 10.5. The van der Waals surface area contributed by atoms with Crippen LogP contribution in [0.25, 0.3) is 0 Å². The Balaban J connectivity index is 1.69. The summed E-state index contributed by atoms with van der Waals surface area (Å²) >= 11 is 0. The Morgan fingerprint density at radius 1 is 1.29 bits per heavy atom. The first-order valence-electron chi connectivity index (χ1n) is 8.33. The Morgan fingerprint density at radius 3 is 2.82 bits per heavy atom. The number of rotatable bonds is 6.